The van der Waals surface area contributed by atoms with Gasteiger partial charge in [-0.25, -0.2) is 4.39 Å². The van der Waals surface area contributed by atoms with E-state index in [-0.39, 0.29) is 23.4 Å². The van der Waals surface area contributed by atoms with Crippen molar-refractivity contribution in [2.75, 3.05) is 24.6 Å². The summed E-state index contributed by atoms with van der Waals surface area (Å²) in [5.74, 6) is -0.241. The van der Waals surface area contributed by atoms with Crippen LogP contribution in [0.3, 0.4) is 0 Å². The molecule has 1 aliphatic rings. The van der Waals surface area contributed by atoms with Crippen LogP contribution in [0.25, 0.3) is 0 Å². The molecule has 4 nitrogen and oxygen atoms in total. The summed E-state index contributed by atoms with van der Waals surface area (Å²) < 4.78 is 18.7. The Hall–Kier alpha value is -1.92. The molecular weight excluding hydrogens is 425 g/mol. The predicted octanol–water partition coefficient (Wildman–Crippen LogP) is 4.69. The van der Waals surface area contributed by atoms with Gasteiger partial charge in [-0.2, -0.15) is 0 Å². The molecule has 1 aliphatic heterocycles. The molecule has 1 heterocycles. The molecule has 0 aliphatic carbocycles. The third-order valence-corrected chi connectivity index (χ3v) is 5.24. The van der Waals surface area contributed by atoms with Gasteiger partial charge in [-0.05, 0) is 69.2 Å². The number of halogens is 2. The number of ether oxygens (including phenoxy) is 1. The summed E-state index contributed by atoms with van der Waals surface area (Å²) in [7, 11) is 0. The number of hydrogen-bond acceptors (Lipinski definition) is 4. The van der Waals surface area contributed by atoms with Gasteiger partial charge in [0.05, 0.1) is 6.61 Å². The molecule has 1 atom stereocenters. The molecule has 1 unspecified atom stereocenters. The summed E-state index contributed by atoms with van der Waals surface area (Å²) in [5.41, 5.74) is 1.53. The van der Waals surface area contributed by atoms with Crippen molar-refractivity contribution in [3.8, 4) is 0 Å². The predicted molar refractivity (Wildman–Crippen MR) is 113 cm³/mol. The van der Waals surface area contributed by atoms with E-state index in [1.807, 2.05) is 32.9 Å². The molecule has 0 amide bonds. The second kappa shape index (κ2) is 9.52. The Morgan fingerprint density at radius 1 is 1.18 bits per heavy atom. The zero-order valence-electron chi connectivity index (χ0n) is 16.5. The first kappa shape index (κ1) is 22.4. The molecule has 0 radical (unpaired) electrons. The Morgan fingerprint density at radius 2 is 1.79 bits per heavy atom. The van der Waals surface area contributed by atoms with Crippen molar-refractivity contribution in [2.24, 2.45) is 0 Å². The number of aliphatic hydroxyl groups excluding tert-OH is 1. The summed E-state index contributed by atoms with van der Waals surface area (Å²) in [4.78, 5) is 11.9. The van der Waals surface area contributed by atoms with E-state index in [2.05, 4.69) is 37.7 Å². The lowest BCUT2D eigenvalue weighted by Gasteiger charge is -2.28. The van der Waals surface area contributed by atoms with Crippen molar-refractivity contribution in [1.29, 1.82) is 0 Å². The summed E-state index contributed by atoms with van der Waals surface area (Å²) in [5, 5.41) is 9.92. The molecule has 0 saturated carbocycles. The zero-order chi connectivity index (χ0) is 20.8. The highest BCUT2D eigenvalue weighted by atomic mass is 79.9. The van der Waals surface area contributed by atoms with Crippen molar-refractivity contribution in [2.45, 2.75) is 38.2 Å². The molecule has 1 N–H and O–H groups in total. The number of aliphatic hydroxyl groups is 1. The minimum atomic E-state index is -0.318. The van der Waals surface area contributed by atoms with Crippen molar-refractivity contribution in [1.82, 2.24) is 0 Å². The van der Waals surface area contributed by atoms with Crippen molar-refractivity contribution in [3.05, 3.63) is 64.4 Å². The van der Waals surface area contributed by atoms with Crippen LogP contribution >= 0.6 is 15.9 Å². The standard InChI is InChI=1S/C17H17BrFNO.C5H10O2/c18-14-3-7-16(8-4-14)20-10-9-17(11-20,12-21)13-1-5-15(19)6-2-13;1-5(2,3)7-4-6/h1-8,21H,9-12H2;4H,1-3H3. The van der Waals surface area contributed by atoms with Gasteiger partial charge >= 0.3 is 0 Å². The highest BCUT2D eigenvalue weighted by molar-refractivity contribution is 9.10. The lowest BCUT2D eigenvalue weighted by atomic mass is 9.80. The van der Waals surface area contributed by atoms with Gasteiger partial charge in [0, 0.05) is 28.7 Å². The average Bonchev–Trinajstić information content (AvgIpc) is 3.08. The molecule has 152 valence electrons. The van der Waals surface area contributed by atoms with Gasteiger partial charge in [0.15, 0.2) is 0 Å². The van der Waals surface area contributed by atoms with Crippen LogP contribution in [0.2, 0.25) is 0 Å². The van der Waals surface area contributed by atoms with Gasteiger partial charge in [-0.3, -0.25) is 4.79 Å². The number of carbonyl (C=O) groups excluding carboxylic acids is 1. The van der Waals surface area contributed by atoms with E-state index in [1.165, 1.54) is 12.1 Å². The van der Waals surface area contributed by atoms with Gasteiger partial charge in [0.1, 0.15) is 11.4 Å². The molecule has 0 bridgehead atoms. The fraction of sp³-hybridized carbons (Fsp3) is 0.409. The van der Waals surface area contributed by atoms with E-state index < -0.39 is 0 Å². The highest BCUT2D eigenvalue weighted by Gasteiger charge is 2.39. The average molecular weight is 452 g/mol. The summed E-state index contributed by atoms with van der Waals surface area (Å²) >= 11 is 3.44. The third kappa shape index (κ3) is 6.04. The Labute approximate surface area is 174 Å². The normalized spacial score (nSPS) is 19.0. The smallest absolute Gasteiger partial charge is 0.293 e. The zero-order valence-corrected chi connectivity index (χ0v) is 18.1. The van der Waals surface area contributed by atoms with Gasteiger partial charge < -0.3 is 14.7 Å². The summed E-state index contributed by atoms with van der Waals surface area (Å²) in [6.07, 6.45) is 0.866. The van der Waals surface area contributed by atoms with E-state index in [4.69, 9.17) is 0 Å². The van der Waals surface area contributed by atoms with Crippen LogP contribution in [0.4, 0.5) is 10.1 Å². The van der Waals surface area contributed by atoms with Crippen LogP contribution < -0.4 is 4.90 Å². The van der Waals surface area contributed by atoms with Crippen LogP contribution in [0.1, 0.15) is 32.8 Å². The molecule has 0 spiro atoms. The second-order valence-corrected chi connectivity index (χ2v) is 8.84. The Balaban J connectivity index is 0.000000345. The van der Waals surface area contributed by atoms with Gasteiger partial charge in [-0.1, -0.05) is 28.1 Å². The van der Waals surface area contributed by atoms with E-state index in [0.717, 1.165) is 35.2 Å². The number of carbonyl (C=O) groups is 1. The lowest BCUT2D eigenvalue weighted by Crippen LogP contribution is -2.34. The first-order valence-corrected chi connectivity index (χ1v) is 9.97. The highest BCUT2D eigenvalue weighted by Crippen LogP contribution is 2.36. The van der Waals surface area contributed by atoms with Crippen molar-refractivity contribution < 1.29 is 19.0 Å². The maximum absolute atomic E-state index is 13.1. The fourth-order valence-corrected chi connectivity index (χ4v) is 3.41. The largest absolute Gasteiger partial charge is 0.462 e. The second-order valence-electron chi connectivity index (χ2n) is 7.92. The Morgan fingerprint density at radius 3 is 2.25 bits per heavy atom. The number of rotatable bonds is 4. The van der Waals surface area contributed by atoms with Crippen LogP contribution in [-0.2, 0) is 14.9 Å². The summed E-state index contributed by atoms with van der Waals surface area (Å²) in [6.45, 7) is 7.63. The van der Waals surface area contributed by atoms with E-state index >= 15 is 0 Å². The molecular formula is C22H27BrFNO3. The molecule has 3 rings (SSSR count). The molecule has 0 aromatic heterocycles. The Kier molecular flexibility index (Phi) is 7.61. The third-order valence-electron chi connectivity index (χ3n) is 4.71. The minimum Gasteiger partial charge on any atom is -0.462 e. The molecule has 1 fully saturated rings. The lowest BCUT2D eigenvalue weighted by molar-refractivity contribution is -0.138. The topological polar surface area (TPSA) is 49.8 Å². The molecule has 2 aromatic carbocycles. The first-order valence-electron chi connectivity index (χ1n) is 9.18. The van der Waals surface area contributed by atoms with Crippen LogP contribution in [0.15, 0.2) is 53.0 Å². The van der Waals surface area contributed by atoms with Crippen molar-refractivity contribution >= 4 is 28.1 Å². The molecule has 1 saturated heterocycles. The summed E-state index contributed by atoms with van der Waals surface area (Å²) in [6, 6.07) is 14.7. The van der Waals surface area contributed by atoms with E-state index in [9.17, 15) is 14.3 Å². The quantitative estimate of drug-likeness (QED) is 0.685. The maximum Gasteiger partial charge on any atom is 0.293 e. The van der Waals surface area contributed by atoms with Crippen LogP contribution in [0.5, 0.6) is 0 Å². The van der Waals surface area contributed by atoms with E-state index in [0.29, 0.717) is 6.47 Å². The monoisotopic (exact) mass is 451 g/mol. The van der Waals surface area contributed by atoms with Gasteiger partial charge in [-0.15, -0.1) is 0 Å². The number of hydrogen-bond donors (Lipinski definition) is 1. The van der Waals surface area contributed by atoms with Gasteiger partial charge in [0.25, 0.3) is 6.47 Å². The SMILES string of the molecule is CC(C)(C)OC=O.OCC1(c2ccc(F)cc2)CCN(c2ccc(Br)cc2)C1. The van der Waals surface area contributed by atoms with Gasteiger partial charge in [0.2, 0.25) is 0 Å². The molecule has 6 heteroatoms. The Bertz CT molecular complexity index is 759. The molecule has 2 aromatic rings. The number of nitrogens with zero attached hydrogens (tertiary/aromatic N) is 1. The van der Waals surface area contributed by atoms with Crippen molar-refractivity contribution in [3.63, 3.8) is 0 Å². The minimum absolute atomic E-state index is 0.0751. The van der Waals surface area contributed by atoms with Crippen LogP contribution in [0, 0.1) is 5.82 Å². The first-order chi connectivity index (χ1) is 13.2. The number of anilines is 1. The van der Waals surface area contributed by atoms with E-state index in [1.54, 1.807) is 12.1 Å². The molecule has 28 heavy (non-hydrogen) atoms. The number of benzene rings is 2. The maximum atomic E-state index is 13.1. The van der Waals surface area contributed by atoms with Crippen LogP contribution in [-0.4, -0.2) is 36.9 Å². The fourth-order valence-electron chi connectivity index (χ4n) is 3.15.